The van der Waals surface area contributed by atoms with Crippen molar-refractivity contribution in [1.82, 2.24) is 15.5 Å². The first-order valence-electron chi connectivity index (χ1n) is 6.90. The molecule has 2 N–H and O–H groups in total. The van der Waals surface area contributed by atoms with E-state index >= 15 is 0 Å². The predicted octanol–water partition coefficient (Wildman–Crippen LogP) is 1.63. The molecule has 6 nitrogen and oxygen atoms in total. The van der Waals surface area contributed by atoms with Crippen molar-refractivity contribution in [2.75, 3.05) is 41.4 Å². The fourth-order valence-corrected chi connectivity index (χ4v) is 1.90. The van der Waals surface area contributed by atoms with Gasteiger partial charge in [0.2, 0.25) is 0 Å². The molecule has 0 aliphatic rings. The number of carbonyl (C=O) groups excluding carboxylic acids is 1. The molecule has 0 radical (unpaired) electrons. The van der Waals surface area contributed by atoms with Gasteiger partial charge < -0.3 is 25.0 Å². The molecule has 1 rings (SSSR count). The minimum atomic E-state index is -0.0912. The van der Waals surface area contributed by atoms with Gasteiger partial charge in [0.05, 0.1) is 14.2 Å². The zero-order valence-corrected chi connectivity index (χ0v) is 13.4. The van der Waals surface area contributed by atoms with Crippen LogP contribution in [0, 0.1) is 0 Å². The Hall–Kier alpha value is -1.95. The largest absolute Gasteiger partial charge is 0.497 e. The molecule has 6 heteroatoms. The van der Waals surface area contributed by atoms with Gasteiger partial charge in [0.15, 0.2) is 0 Å². The minimum absolute atomic E-state index is 0.0912. The smallest absolute Gasteiger partial charge is 0.316 e. The van der Waals surface area contributed by atoms with Gasteiger partial charge in [-0.05, 0) is 13.0 Å². The van der Waals surface area contributed by atoms with Crippen molar-refractivity contribution >= 4 is 6.03 Å². The van der Waals surface area contributed by atoms with Gasteiger partial charge in [-0.3, -0.25) is 0 Å². The van der Waals surface area contributed by atoms with E-state index in [-0.39, 0.29) is 12.1 Å². The maximum Gasteiger partial charge on any atom is 0.316 e. The normalized spacial score (nSPS) is 11.7. The number of ether oxygens (including phenoxy) is 2. The zero-order valence-electron chi connectivity index (χ0n) is 13.4. The van der Waals surface area contributed by atoms with Crippen molar-refractivity contribution in [2.24, 2.45) is 0 Å². The number of carbonyl (C=O) groups is 1. The summed E-state index contributed by atoms with van der Waals surface area (Å²) >= 11 is 0. The summed E-state index contributed by atoms with van der Waals surface area (Å²) < 4.78 is 10.6. The first-order chi connectivity index (χ1) is 9.99. The summed E-state index contributed by atoms with van der Waals surface area (Å²) in [6, 6.07) is 5.77. The van der Waals surface area contributed by atoms with E-state index in [0.29, 0.717) is 13.1 Å². The second-order valence-corrected chi connectivity index (χ2v) is 4.91. The Labute approximate surface area is 126 Å². The Morgan fingerprint density at radius 1 is 1.24 bits per heavy atom. The fraction of sp³-hybridized carbons (Fsp3) is 0.533. The van der Waals surface area contributed by atoms with Gasteiger partial charge in [0, 0.05) is 44.9 Å². The lowest BCUT2D eigenvalue weighted by molar-refractivity contribution is 0.217. The molecule has 0 saturated heterocycles. The van der Waals surface area contributed by atoms with Crippen LogP contribution in [0.4, 0.5) is 4.79 Å². The Balaban J connectivity index is 2.52. The second kappa shape index (κ2) is 8.36. The Bertz CT molecular complexity index is 463. The number of nitrogens with one attached hydrogen (secondary N) is 2. The van der Waals surface area contributed by atoms with Gasteiger partial charge in [-0.25, -0.2) is 4.79 Å². The topological polar surface area (TPSA) is 62.8 Å². The van der Waals surface area contributed by atoms with Crippen molar-refractivity contribution in [2.45, 2.75) is 13.0 Å². The summed E-state index contributed by atoms with van der Waals surface area (Å²) in [7, 11) is 6.70. The number of benzene rings is 1. The average molecular weight is 295 g/mol. The summed E-state index contributed by atoms with van der Waals surface area (Å²) in [6.07, 6.45) is 0. The molecule has 0 aromatic heterocycles. The highest BCUT2D eigenvalue weighted by Gasteiger charge is 2.12. The molecule has 118 valence electrons. The standard InChI is InChI=1S/C15H25N3O3/c1-11(16-8-9-17-15(19)18(2)3)13-7-6-12(20-4)10-14(13)21-5/h6-7,10-11,16H,8-9H2,1-5H3,(H,17,19). The van der Waals surface area contributed by atoms with E-state index in [0.717, 1.165) is 17.1 Å². The third-order valence-electron chi connectivity index (χ3n) is 3.17. The predicted molar refractivity (Wildman–Crippen MR) is 83.0 cm³/mol. The number of hydrogen-bond donors (Lipinski definition) is 2. The van der Waals surface area contributed by atoms with E-state index in [1.165, 1.54) is 4.90 Å². The molecule has 0 fully saturated rings. The third kappa shape index (κ3) is 5.15. The van der Waals surface area contributed by atoms with Crippen LogP contribution in [0.2, 0.25) is 0 Å². The maximum absolute atomic E-state index is 11.4. The first-order valence-corrected chi connectivity index (χ1v) is 6.90. The van der Waals surface area contributed by atoms with E-state index in [1.54, 1.807) is 28.3 Å². The van der Waals surface area contributed by atoms with Gasteiger partial charge in [0.1, 0.15) is 11.5 Å². The SMILES string of the molecule is COc1ccc(C(C)NCCNC(=O)N(C)C)c(OC)c1. The summed E-state index contributed by atoms with van der Waals surface area (Å²) in [6.45, 7) is 3.30. The van der Waals surface area contributed by atoms with E-state index in [1.807, 2.05) is 18.2 Å². The number of methoxy groups -OCH3 is 2. The molecule has 0 aliphatic heterocycles. The summed E-state index contributed by atoms with van der Waals surface area (Å²) in [5.41, 5.74) is 1.05. The minimum Gasteiger partial charge on any atom is -0.497 e. The van der Waals surface area contributed by atoms with E-state index in [4.69, 9.17) is 9.47 Å². The van der Waals surface area contributed by atoms with Gasteiger partial charge in [0.25, 0.3) is 0 Å². The molecule has 0 heterocycles. The third-order valence-corrected chi connectivity index (χ3v) is 3.17. The molecule has 1 aromatic carbocycles. The van der Waals surface area contributed by atoms with Crippen LogP contribution in [0.3, 0.4) is 0 Å². The molecule has 1 unspecified atom stereocenters. The highest BCUT2D eigenvalue weighted by atomic mass is 16.5. The van der Waals surface area contributed by atoms with Crippen molar-refractivity contribution in [1.29, 1.82) is 0 Å². The Kier molecular flexibility index (Phi) is 6.81. The van der Waals surface area contributed by atoms with Crippen molar-refractivity contribution < 1.29 is 14.3 Å². The first kappa shape index (κ1) is 17.1. The van der Waals surface area contributed by atoms with Gasteiger partial charge in [-0.2, -0.15) is 0 Å². The highest BCUT2D eigenvalue weighted by Crippen LogP contribution is 2.29. The van der Waals surface area contributed by atoms with Gasteiger partial charge >= 0.3 is 6.03 Å². The lowest BCUT2D eigenvalue weighted by Crippen LogP contribution is -2.38. The van der Waals surface area contributed by atoms with Crippen molar-refractivity contribution in [3.05, 3.63) is 23.8 Å². The number of amides is 2. The van der Waals surface area contributed by atoms with Crippen LogP contribution in [-0.4, -0.2) is 52.3 Å². The van der Waals surface area contributed by atoms with Crippen LogP contribution < -0.4 is 20.1 Å². The summed E-state index contributed by atoms with van der Waals surface area (Å²) in [5, 5.41) is 6.16. The van der Waals surface area contributed by atoms with Crippen LogP contribution in [0.1, 0.15) is 18.5 Å². The number of rotatable bonds is 7. The van der Waals surface area contributed by atoms with Crippen molar-refractivity contribution in [3.63, 3.8) is 0 Å². The molecule has 1 atom stereocenters. The van der Waals surface area contributed by atoms with Crippen molar-refractivity contribution in [3.8, 4) is 11.5 Å². The van der Waals surface area contributed by atoms with Crippen LogP contribution in [0.25, 0.3) is 0 Å². The molecule has 0 saturated carbocycles. The molecule has 0 bridgehead atoms. The monoisotopic (exact) mass is 295 g/mol. The second-order valence-electron chi connectivity index (χ2n) is 4.91. The Morgan fingerprint density at radius 3 is 2.52 bits per heavy atom. The van der Waals surface area contributed by atoms with Gasteiger partial charge in [-0.1, -0.05) is 6.07 Å². The zero-order chi connectivity index (χ0) is 15.8. The van der Waals surface area contributed by atoms with Crippen LogP contribution in [-0.2, 0) is 0 Å². The quantitative estimate of drug-likeness (QED) is 0.751. The van der Waals surface area contributed by atoms with E-state index in [2.05, 4.69) is 17.6 Å². The molecule has 0 spiro atoms. The van der Waals surface area contributed by atoms with Crippen LogP contribution >= 0.6 is 0 Å². The number of hydrogen-bond acceptors (Lipinski definition) is 4. The van der Waals surface area contributed by atoms with E-state index in [9.17, 15) is 4.79 Å². The number of urea groups is 1. The molecule has 2 amide bonds. The average Bonchev–Trinajstić information content (AvgIpc) is 2.50. The lowest BCUT2D eigenvalue weighted by atomic mass is 10.1. The number of nitrogens with zero attached hydrogens (tertiary/aromatic N) is 1. The van der Waals surface area contributed by atoms with Crippen LogP contribution in [0.15, 0.2) is 18.2 Å². The molecular formula is C15H25N3O3. The lowest BCUT2D eigenvalue weighted by Gasteiger charge is -2.18. The maximum atomic E-state index is 11.4. The molecule has 1 aromatic rings. The fourth-order valence-electron chi connectivity index (χ4n) is 1.90. The molecule has 0 aliphatic carbocycles. The summed E-state index contributed by atoms with van der Waals surface area (Å²) in [5.74, 6) is 1.55. The van der Waals surface area contributed by atoms with Gasteiger partial charge in [-0.15, -0.1) is 0 Å². The van der Waals surface area contributed by atoms with Crippen LogP contribution in [0.5, 0.6) is 11.5 Å². The summed E-state index contributed by atoms with van der Waals surface area (Å²) in [4.78, 5) is 12.9. The Morgan fingerprint density at radius 2 is 1.95 bits per heavy atom. The molecule has 21 heavy (non-hydrogen) atoms. The molecular weight excluding hydrogens is 270 g/mol. The highest BCUT2D eigenvalue weighted by molar-refractivity contribution is 5.73. The van der Waals surface area contributed by atoms with E-state index < -0.39 is 0 Å².